The van der Waals surface area contributed by atoms with Gasteiger partial charge in [0.2, 0.25) is 0 Å². The summed E-state index contributed by atoms with van der Waals surface area (Å²) in [5, 5.41) is 12.3. The van der Waals surface area contributed by atoms with Crippen LogP contribution in [0.25, 0.3) is 0 Å². The first-order valence-electron chi connectivity index (χ1n) is 8.77. The average molecular weight is 328 g/mol. The molecule has 128 valence electrons. The summed E-state index contributed by atoms with van der Waals surface area (Å²) in [4.78, 5) is 8.34. The molecular formula is C19H24N2O3. The van der Waals surface area contributed by atoms with Crippen LogP contribution >= 0.6 is 0 Å². The fraction of sp³-hybridized carbons (Fsp3) is 0.579. The van der Waals surface area contributed by atoms with Gasteiger partial charge >= 0.3 is 0 Å². The molecule has 5 heteroatoms. The predicted molar refractivity (Wildman–Crippen MR) is 90.2 cm³/mol. The minimum Gasteiger partial charge on any atom is -0.482 e. The second-order valence-electron chi connectivity index (χ2n) is 7.81. The van der Waals surface area contributed by atoms with Gasteiger partial charge in [-0.2, -0.15) is 0 Å². The zero-order valence-corrected chi connectivity index (χ0v) is 14.4. The molecule has 24 heavy (non-hydrogen) atoms. The van der Waals surface area contributed by atoms with Gasteiger partial charge in [0.05, 0.1) is 0 Å². The standard InChI is InChI=1S/C19H24N2O3/c1-20(2)24-15-7-4-11-10-13-12-5-6-14(22)18-19(12,8-9-21(13)3)16(11)17(15)23-18/h4-7,12-14,18,22H,8-10H2,1-3H3/t12-,13+,14-,18-,19-/m0/s1. The summed E-state index contributed by atoms with van der Waals surface area (Å²) >= 11 is 0. The lowest BCUT2D eigenvalue weighted by Gasteiger charge is -2.56. The molecule has 1 fully saturated rings. The Balaban J connectivity index is 1.75. The van der Waals surface area contributed by atoms with Crippen molar-refractivity contribution in [2.24, 2.45) is 5.92 Å². The molecule has 1 N–H and O–H groups in total. The molecule has 1 aromatic rings. The molecule has 0 amide bonds. The highest BCUT2D eigenvalue weighted by molar-refractivity contribution is 5.62. The first-order valence-corrected chi connectivity index (χ1v) is 8.77. The molecule has 2 bridgehead atoms. The zero-order chi connectivity index (χ0) is 16.6. The number of benzene rings is 1. The van der Waals surface area contributed by atoms with Gasteiger partial charge in [-0.25, -0.2) is 0 Å². The molecule has 2 aliphatic heterocycles. The molecule has 5 rings (SSSR count). The highest BCUT2D eigenvalue weighted by atomic mass is 16.7. The van der Waals surface area contributed by atoms with E-state index in [0.717, 1.165) is 30.9 Å². The van der Waals surface area contributed by atoms with E-state index in [1.165, 1.54) is 11.1 Å². The van der Waals surface area contributed by atoms with E-state index in [0.29, 0.717) is 12.0 Å². The molecule has 5 nitrogen and oxygen atoms in total. The number of hydrogen-bond acceptors (Lipinski definition) is 5. The quantitative estimate of drug-likeness (QED) is 0.656. The van der Waals surface area contributed by atoms with Crippen LogP contribution < -0.4 is 9.57 Å². The van der Waals surface area contributed by atoms with Gasteiger partial charge in [-0.15, -0.1) is 5.06 Å². The summed E-state index contributed by atoms with van der Waals surface area (Å²) in [7, 11) is 5.96. The van der Waals surface area contributed by atoms with Crippen molar-refractivity contribution in [3.8, 4) is 11.5 Å². The largest absolute Gasteiger partial charge is 0.482 e. The van der Waals surface area contributed by atoms with Crippen LogP contribution in [0.5, 0.6) is 11.5 Å². The van der Waals surface area contributed by atoms with Gasteiger partial charge in [0.25, 0.3) is 0 Å². The van der Waals surface area contributed by atoms with Gasteiger partial charge in [0.1, 0.15) is 12.2 Å². The fourth-order valence-electron chi connectivity index (χ4n) is 5.50. The number of nitrogens with zero attached hydrogens (tertiary/aromatic N) is 2. The first kappa shape index (κ1) is 14.8. The maximum Gasteiger partial charge on any atom is 0.189 e. The van der Waals surface area contributed by atoms with Crippen molar-refractivity contribution in [1.82, 2.24) is 9.96 Å². The van der Waals surface area contributed by atoms with E-state index in [9.17, 15) is 5.11 Å². The Hall–Kier alpha value is -1.56. The van der Waals surface area contributed by atoms with Gasteiger partial charge in [-0.1, -0.05) is 18.2 Å². The number of hydrogen-bond donors (Lipinski definition) is 1. The fourth-order valence-corrected chi connectivity index (χ4v) is 5.50. The van der Waals surface area contributed by atoms with E-state index in [1.54, 1.807) is 5.06 Å². The predicted octanol–water partition coefficient (Wildman–Crippen LogP) is 1.35. The third-order valence-electron chi connectivity index (χ3n) is 6.42. The van der Waals surface area contributed by atoms with E-state index in [1.807, 2.05) is 26.2 Å². The van der Waals surface area contributed by atoms with Crippen LogP contribution in [-0.4, -0.2) is 61.0 Å². The summed E-state index contributed by atoms with van der Waals surface area (Å²) < 4.78 is 6.39. The molecule has 2 aliphatic carbocycles. The Kier molecular flexibility index (Phi) is 2.92. The molecule has 4 aliphatic rings. The Morgan fingerprint density at radius 1 is 1.33 bits per heavy atom. The highest BCUT2D eigenvalue weighted by Crippen LogP contribution is 2.62. The Bertz CT molecular complexity index is 732. The molecule has 2 heterocycles. The number of likely N-dealkylation sites (tertiary alicyclic amines) is 1. The van der Waals surface area contributed by atoms with Gasteiger partial charge < -0.3 is 19.6 Å². The van der Waals surface area contributed by atoms with Crippen LogP contribution in [0.4, 0.5) is 0 Å². The topological polar surface area (TPSA) is 45.2 Å². The van der Waals surface area contributed by atoms with Gasteiger partial charge in [-0.05, 0) is 38.1 Å². The molecule has 1 spiro atoms. The summed E-state index contributed by atoms with van der Waals surface area (Å²) in [5.74, 6) is 2.00. The van der Waals surface area contributed by atoms with Crippen molar-refractivity contribution < 1.29 is 14.7 Å². The van der Waals surface area contributed by atoms with Crippen molar-refractivity contribution >= 4 is 0 Å². The second kappa shape index (κ2) is 4.75. The van der Waals surface area contributed by atoms with E-state index < -0.39 is 6.10 Å². The van der Waals surface area contributed by atoms with Crippen molar-refractivity contribution in [2.75, 3.05) is 27.7 Å². The molecule has 0 saturated carbocycles. The van der Waals surface area contributed by atoms with E-state index >= 15 is 0 Å². The van der Waals surface area contributed by atoms with E-state index in [2.05, 4.69) is 24.1 Å². The lowest BCUT2D eigenvalue weighted by molar-refractivity contribution is -0.0477. The smallest absolute Gasteiger partial charge is 0.189 e. The monoisotopic (exact) mass is 328 g/mol. The van der Waals surface area contributed by atoms with Crippen molar-refractivity contribution in [3.63, 3.8) is 0 Å². The molecule has 0 aromatic heterocycles. The third-order valence-corrected chi connectivity index (χ3v) is 6.42. The molecule has 1 saturated heterocycles. The summed E-state index contributed by atoms with van der Waals surface area (Å²) in [5.41, 5.74) is 2.54. The van der Waals surface area contributed by atoms with Crippen LogP contribution in [0.1, 0.15) is 17.5 Å². The minimum absolute atomic E-state index is 0.111. The number of hydroxylamine groups is 2. The SMILES string of the molecule is CN(C)Oc1ccc2c3c1O[C@H]1[C@@H](O)C=C[C@H]4[C@@H](C2)N(C)CC[C@@]341. The van der Waals surface area contributed by atoms with Gasteiger partial charge in [0.15, 0.2) is 11.5 Å². The van der Waals surface area contributed by atoms with Crippen molar-refractivity contribution in [1.29, 1.82) is 0 Å². The summed E-state index contributed by atoms with van der Waals surface area (Å²) in [6, 6.07) is 4.68. The molecular weight excluding hydrogens is 304 g/mol. The number of ether oxygens (including phenoxy) is 1. The lowest BCUT2D eigenvalue weighted by atomic mass is 9.53. The Morgan fingerprint density at radius 2 is 2.17 bits per heavy atom. The lowest BCUT2D eigenvalue weighted by Crippen LogP contribution is -2.64. The minimum atomic E-state index is -0.559. The maximum absolute atomic E-state index is 10.7. The van der Waals surface area contributed by atoms with Crippen LogP contribution in [0, 0.1) is 5.92 Å². The second-order valence-corrected chi connectivity index (χ2v) is 7.81. The number of rotatable bonds is 2. The molecule has 1 aromatic carbocycles. The van der Waals surface area contributed by atoms with E-state index in [4.69, 9.17) is 9.57 Å². The molecule has 0 radical (unpaired) electrons. The van der Waals surface area contributed by atoms with Gasteiger partial charge in [0, 0.05) is 37.0 Å². The van der Waals surface area contributed by atoms with E-state index in [-0.39, 0.29) is 11.5 Å². The van der Waals surface area contributed by atoms with Crippen LogP contribution in [0.2, 0.25) is 0 Å². The number of likely N-dealkylation sites (N-methyl/N-ethyl adjacent to an activating group) is 1. The summed E-state index contributed by atoms with van der Waals surface area (Å²) in [6.07, 6.45) is 5.46. The number of aliphatic hydroxyl groups excluding tert-OH is 1. The number of aliphatic hydroxyl groups is 1. The Labute approximate surface area is 142 Å². The van der Waals surface area contributed by atoms with Crippen LogP contribution in [-0.2, 0) is 11.8 Å². The average Bonchev–Trinajstić information content (AvgIpc) is 2.89. The van der Waals surface area contributed by atoms with Crippen LogP contribution in [0.3, 0.4) is 0 Å². The first-order chi connectivity index (χ1) is 11.5. The zero-order valence-electron chi connectivity index (χ0n) is 14.4. The highest BCUT2D eigenvalue weighted by Gasteiger charge is 2.64. The normalized spacial score (nSPS) is 38.9. The Morgan fingerprint density at radius 3 is 2.96 bits per heavy atom. The van der Waals surface area contributed by atoms with Crippen LogP contribution in [0.15, 0.2) is 24.3 Å². The number of piperidine rings is 1. The molecule has 0 unspecified atom stereocenters. The van der Waals surface area contributed by atoms with Crippen molar-refractivity contribution in [2.45, 2.75) is 36.5 Å². The van der Waals surface area contributed by atoms with Crippen molar-refractivity contribution in [3.05, 3.63) is 35.4 Å². The third kappa shape index (κ3) is 1.65. The van der Waals surface area contributed by atoms with Gasteiger partial charge in [-0.3, -0.25) is 0 Å². The maximum atomic E-state index is 10.7. The molecule has 5 atom stereocenters. The summed E-state index contributed by atoms with van der Waals surface area (Å²) in [6.45, 7) is 1.04.